The monoisotopic (exact) mass is 408 g/mol. The standard InChI is InChI=1S/C25H44O4/c1-2-3-4-5-6-9-16-22(26)17-12-11-15-21-14-8-7-10-18-23(21)24(27)19-13-20-25(28)29/h11-12,15,17,21-24,26-27H,2-10,13-14,16,18-20H2,1H3,(H,28,29)/b15-11+,17-12+. The molecule has 1 aliphatic carbocycles. The maximum atomic E-state index is 10.7. The van der Waals surface area contributed by atoms with Gasteiger partial charge in [0.2, 0.25) is 0 Å². The summed E-state index contributed by atoms with van der Waals surface area (Å²) in [6.45, 7) is 2.22. The van der Waals surface area contributed by atoms with Gasteiger partial charge in [-0.3, -0.25) is 4.79 Å². The molecule has 0 amide bonds. The maximum Gasteiger partial charge on any atom is 0.303 e. The number of hydrogen-bond acceptors (Lipinski definition) is 3. The van der Waals surface area contributed by atoms with Crippen molar-refractivity contribution in [3.63, 3.8) is 0 Å². The van der Waals surface area contributed by atoms with Crippen LogP contribution in [-0.2, 0) is 4.79 Å². The summed E-state index contributed by atoms with van der Waals surface area (Å²) in [7, 11) is 0. The Morgan fingerprint density at radius 3 is 2.41 bits per heavy atom. The Labute approximate surface area is 178 Å². The number of allylic oxidation sites excluding steroid dienone is 3. The summed E-state index contributed by atoms with van der Waals surface area (Å²) in [5.41, 5.74) is 0. The third-order valence-corrected chi connectivity index (χ3v) is 6.17. The largest absolute Gasteiger partial charge is 0.481 e. The Morgan fingerprint density at radius 2 is 1.66 bits per heavy atom. The first-order chi connectivity index (χ1) is 14.0. The lowest BCUT2D eigenvalue weighted by atomic mass is 9.81. The van der Waals surface area contributed by atoms with Gasteiger partial charge in [0.15, 0.2) is 0 Å². The van der Waals surface area contributed by atoms with Gasteiger partial charge in [0, 0.05) is 6.42 Å². The van der Waals surface area contributed by atoms with Crippen molar-refractivity contribution in [2.75, 3.05) is 0 Å². The van der Waals surface area contributed by atoms with Gasteiger partial charge in [-0.15, -0.1) is 0 Å². The van der Waals surface area contributed by atoms with Gasteiger partial charge < -0.3 is 15.3 Å². The molecule has 0 spiro atoms. The summed E-state index contributed by atoms with van der Waals surface area (Å²) in [6, 6.07) is 0. The van der Waals surface area contributed by atoms with Crippen LogP contribution in [0.4, 0.5) is 0 Å². The summed E-state index contributed by atoms with van der Waals surface area (Å²) >= 11 is 0. The lowest BCUT2D eigenvalue weighted by molar-refractivity contribution is -0.137. The minimum absolute atomic E-state index is 0.128. The van der Waals surface area contributed by atoms with E-state index in [2.05, 4.69) is 13.0 Å². The normalized spacial score (nSPS) is 22.7. The van der Waals surface area contributed by atoms with Gasteiger partial charge in [-0.25, -0.2) is 0 Å². The average molecular weight is 409 g/mol. The van der Waals surface area contributed by atoms with Crippen molar-refractivity contribution >= 4 is 5.97 Å². The highest BCUT2D eigenvalue weighted by atomic mass is 16.4. The molecule has 4 unspecified atom stereocenters. The van der Waals surface area contributed by atoms with Gasteiger partial charge in [0.05, 0.1) is 12.2 Å². The van der Waals surface area contributed by atoms with Crippen LogP contribution in [0.1, 0.15) is 103 Å². The number of rotatable bonds is 15. The van der Waals surface area contributed by atoms with Crippen LogP contribution in [0.2, 0.25) is 0 Å². The van der Waals surface area contributed by atoms with Gasteiger partial charge in [-0.2, -0.15) is 0 Å². The van der Waals surface area contributed by atoms with E-state index >= 15 is 0 Å². The molecule has 1 saturated carbocycles. The molecule has 29 heavy (non-hydrogen) atoms. The predicted octanol–water partition coefficient (Wildman–Crippen LogP) is 6.02. The number of hydrogen-bond donors (Lipinski definition) is 3. The molecular weight excluding hydrogens is 364 g/mol. The van der Waals surface area contributed by atoms with E-state index in [9.17, 15) is 15.0 Å². The molecule has 0 aromatic rings. The number of carboxylic acids is 1. The maximum absolute atomic E-state index is 10.7. The predicted molar refractivity (Wildman–Crippen MR) is 120 cm³/mol. The minimum Gasteiger partial charge on any atom is -0.481 e. The second kappa shape index (κ2) is 16.6. The van der Waals surface area contributed by atoms with Crippen LogP contribution >= 0.6 is 0 Å². The number of aliphatic hydroxyl groups excluding tert-OH is 2. The lowest BCUT2D eigenvalue weighted by Crippen LogP contribution is -2.26. The Kier molecular flexibility index (Phi) is 14.9. The van der Waals surface area contributed by atoms with E-state index in [1.54, 1.807) is 0 Å². The SMILES string of the molecule is CCCCCCCCC(O)/C=C/C=C/C1CCCCCC1C(O)CCCC(=O)O. The molecule has 1 rings (SSSR count). The zero-order valence-electron chi connectivity index (χ0n) is 18.5. The fraction of sp³-hybridized carbons (Fsp3) is 0.800. The Hall–Kier alpha value is -1.13. The summed E-state index contributed by atoms with van der Waals surface area (Å²) < 4.78 is 0. The van der Waals surface area contributed by atoms with Gasteiger partial charge in [-0.05, 0) is 43.9 Å². The first kappa shape index (κ1) is 25.9. The number of carbonyl (C=O) groups is 1. The van der Waals surface area contributed by atoms with Gasteiger partial charge in [-0.1, -0.05) is 89.0 Å². The summed E-state index contributed by atoms with van der Waals surface area (Å²) in [6.07, 6.45) is 22.3. The topological polar surface area (TPSA) is 77.8 Å². The molecule has 0 heterocycles. The van der Waals surface area contributed by atoms with Crippen LogP contribution in [0, 0.1) is 11.8 Å². The molecule has 0 aromatic heterocycles. The summed E-state index contributed by atoms with van der Waals surface area (Å²) in [5.74, 6) is -0.249. The lowest BCUT2D eigenvalue weighted by Gasteiger charge is -2.27. The van der Waals surface area contributed by atoms with Crippen molar-refractivity contribution in [2.45, 2.75) is 115 Å². The van der Waals surface area contributed by atoms with Crippen molar-refractivity contribution < 1.29 is 20.1 Å². The molecule has 0 radical (unpaired) electrons. The molecule has 168 valence electrons. The quantitative estimate of drug-likeness (QED) is 0.176. The Bertz CT molecular complexity index is 471. The van der Waals surface area contributed by atoms with E-state index < -0.39 is 12.1 Å². The molecule has 4 nitrogen and oxygen atoms in total. The molecule has 0 aromatic carbocycles. The van der Waals surface area contributed by atoms with E-state index in [0.29, 0.717) is 18.8 Å². The van der Waals surface area contributed by atoms with E-state index in [0.717, 1.165) is 32.1 Å². The van der Waals surface area contributed by atoms with Crippen LogP contribution in [0.5, 0.6) is 0 Å². The van der Waals surface area contributed by atoms with Crippen LogP contribution in [0.15, 0.2) is 24.3 Å². The smallest absolute Gasteiger partial charge is 0.303 e. The molecule has 0 saturated heterocycles. The van der Waals surface area contributed by atoms with Crippen LogP contribution in [0.25, 0.3) is 0 Å². The molecular formula is C25H44O4. The van der Waals surface area contributed by atoms with Gasteiger partial charge in [0.1, 0.15) is 0 Å². The van der Waals surface area contributed by atoms with Crippen LogP contribution in [0.3, 0.4) is 0 Å². The first-order valence-electron chi connectivity index (χ1n) is 12.0. The van der Waals surface area contributed by atoms with Crippen LogP contribution < -0.4 is 0 Å². The summed E-state index contributed by atoms with van der Waals surface area (Å²) in [4.78, 5) is 10.7. The van der Waals surface area contributed by atoms with E-state index in [1.165, 1.54) is 44.9 Å². The van der Waals surface area contributed by atoms with Crippen molar-refractivity contribution in [3.05, 3.63) is 24.3 Å². The number of aliphatic carboxylic acids is 1. The second-order valence-electron chi connectivity index (χ2n) is 8.71. The minimum atomic E-state index is -0.792. The Morgan fingerprint density at radius 1 is 0.931 bits per heavy atom. The number of aliphatic hydroxyl groups is 2. The van der Waals surface area contributed by atoms with E-state index in [-0.39, 0.29) is 18.4 Å². The highest BCUT2D eigenvalue weighted by Crippen LogP contribution is 2.33. The highest BCUT2D eigenvalue weighted by molar-refractivity contribution is 5.66. The van der Waals surface area contributed by atoms with Crippen molar-refractivity contribution in [2.24, 2.45) is 11.8 Å². The number of carboxylic acid groups (broad SMARTS) is 1. The molecule has 1 fully saturated rings. The fourth-order valence-electron chi connectivity index (χ4n) is 4.39. The molecule has 0 bridgehead atoms. The molecule has 4 heteroatoms. The Balaban J connectivity index is 2.40. The van der Waals surface area contributed by atoms with Gasteiger partial charge >= 0.3 is 5.97 Å². The van der Waals surface area contributed by atoms with Crippen molar-refractivity contribution in [1.29, 1.82) is 0 Å². The molecule has 1 aliphatic rings. The second-order valence-corrected chi connectivity index (χ2v) is 8.71. The van der Waals surface area contributed by atoms with Crippen LogP contribution in [-0.4, -0.2) is 33.5 Å². The average Bonchev–Trinajstić information content (AvgIpc) is 2.93. The fourth-order valence-corrected chi connectivity index (χ4v) is 4.39. The van der Waals surface area contributed by atoms with E-state index in [4.69, 9.17) is 5.11 Å². The van der Waals surface area contributed by atoms with Gasteiger partial charge in [0.25, 0.3) is 0 Å². The zero-order chi connectivity index (χ0) is 21.3. The highest BCUT2D eigenvalue weighted by Gasteiger charge is 2.27. The number of unbranched alkanes of at least 4 members (excludes halogenated alkanes) is 5. The zero-order valence-corrected chi connectivity index (χ0v) is 18.5. The van der Waals surface area contributed by atoms with Crippen molar-refractivity contribution in [3.8, 4) is 0 Å². The molecule has 3 N–H and O–H groups in total. The third-order valence-electron chi connectivity index (χ3n) is 6.17. The van der Waals surface area contributed by atoms with E-state index in [1.807, 2.05) is 18.2 Å². The first-order valence-corrected chi connectivity index (χ1v) is 12.0. The third kappa shape index (κ3) is 12.9. The summed E-state index contributed by atoms with van der Waals surface area (Å²) in [5, 5.41) is 29.5. The molecule has 0 aliphatic heterocycles. The van der Waals surface area contributed by atoms with Crippen molar-refractivity contribution in [1.82, 2.24) is 0 Å². The molecule has 4 atom stereocenters.